The Balaban J connectivity index is 1.62. The van der Waals surface area contributed by atoms with Crippen molar-refractivity contribution in [3.8, 4) is 0 Å². The fraction of sp³-hybridized carbons (Fsp3) is 0.316. The van der Waals surface area contributed by atoms with Crippen LogP contribution in [0.3, 0.4) is 0 Å². The van der Waals surface area contributed by atoms with Crippen LogP contribution in [-0.2, 0) is 17.6 Å². The number of aryl methyl sites for hydroxylation is 1. The van der Waals surface area contributed by atoms with E-state index in [2.05, 4.69) is 15.6 Å². The molecule has 0 saturated carbocycles. The lowest BCUT2D eigenvalue weighted by molar-refractivity contribution is -0.115. The predicted octanol–water partition coefficient (Wildman–Crippen LogP) is 2.98. The quantitative estimate of drug-likeness (QED) is 0.900. The number of anilines is 2. The third-order valence-corrected chi connectivity index (χ3v) is 4.44. The van der Waals surface area contributed by atoms with Crippen molar-refractivity contribution in [2.24, 2.45) is 0 Å². The van der Waals surface area contributed by atoms with Gasteiger partial charge in [-0.15, -0.1) is 0 Å². The SMILES string of the molecule is Cc1ccnc(C[C@@H](C)N(C)C(=O)Nc2ccc3c(c2)CC(=O)N3)c1. The fourth-order valence-corrected chi connectivity index (χ4v) is 2.87. The number of fused-ring (bicyclic) bond motifs is 1. The molecule has 25 heavy (non-hydrogen) atoms. The van der Waals surface area contributed by atoms with Crippen LogP contribution in [-0.4, -0.2) is 34.9 Å². The van der Waals surface area contributed by atoms with Crippen LogP contribution >= 0.6 is 0 Å². The highest BCUT2D eigenvalue weighted by Gasteiger charge is 2.20. The van der Waals surface area contributed by atoms with Gasteiger partial charge < -0.3 is 15.5 Å². The summed E-state index contributed by atoms with van der Waals surface area (Å²) in [4.78, 5) is 29.9. The third kappa shape index (κ3) is 3.96. The fourth-order valence-electron chi connectivity index (χ4n) is 2.87. The van der Waals surface area contributed by atoms with Gasteiger partial charge in [0.05, 0.1) is 6.42 Å². The van der Waals surface area contributed by atoms with Crippen molar-refractivity contribution in [3.63, 3.8) is 0 Å². The Labute approximate surface area is 147 Å². The molecule has 1 atom stereocenters. The Morgan fingerprint density at radius 3 is 2.92 bits per heavy atom. The van der Waals surface area contributed by atoms with E-state index in [0.29, 0.717) is 18.5 Å². The Morgan fingerprint density at radius 2 is 2.16 bits per heavy atom. The molecule has 130 valence electrons. The highest BCUT2D eigenvalue weighted by atomic mass is 16.2. The molecule has 2 N–H and O–H groups in total. The molecule has 0 saturated heterocycles. The monoisotopic (exact) mass is 338 g/mol. The van der Waals surface area contributed by atoms with Crippen LogP contribution in [0.4, 0.5) is 16.2 Å². The molecule has 0 radical (unpaired) electrons. The highest BCUT2D eigenvalue weighted by Crippen LogP contribution is 2.26. The highest BCUT2D eigenvalue weighted by molar-refractivity contribution is 6.00. The van der Waals surface area contributed by atoms with Crippen LogP contribution in [0.1, 0.15) is 23.7 Å². The largest absolute Gasteiger partial charge is 0.326 e. The van der Waals surface area contributed by atoms with Gasteiger partial charge in [-0.3, -0.25) is 9.78 Å². The van der Waals surface area contributed by atoms with E-state index in [9.17, 15) is 9.59 Å². The molecule has 1 aliphatic heterocycles. The van der Waals surface area contributed by atoms with E-state index in [1.54, 1.807) is 24.2 Å². The van der Waals surface area contributed by atoms with Gasteiger partial charge in [0.25, 0.3) is 0 Å². The van der Waals surface area contributed by atoms with Crippen LogP contribution in [0.2, 0.25) is 0 Å². The summed E-state index contributed by atoms with van der Waals surface area (Å²) < 4.78 is 0. The van der Waals surface area contributed by atoms with Gasteiger partial charge in [-0.1, -0.05) is 0 Å². The number of amides is 3. The maximum absolute atomic E-state index is 12.5. The van der Waals surface area contributed by atoms with E-state index in [1.165, 1.54) is 0 Å². The predicted molar refractivity (Wildman–Crippen MR) is 97.7 cm³/mol. The second-order valence-corrected chi connectivity index (χ2v) is 6.52. The molecule has 1 aromatic carbocycles. The van der Waals surface area contributed by atoms with Gasteiger partial charge in [0, 0.05) is 42.8 Å². The van der Waals surface area contributed by atoms with Crippen molar-refractivity contribution in [1.82, 2.24) is 9.88 Å². The van der Waals surface area contributed by atoms with Gasteiger partial charge in [0.15, 0.2) is 0 Å². The molecular weight excluding hydrogens is 316 g/mol. The maximum Gasteiger partial charge on any atom is 0.321 e. The van der Waals surface area contributed by atoms with Crippen LogP contribution < -0.4 is 10.6 Å². The molecule has 0 unspecified atom stereocenters. The van der Waals surface area contributed by atoms with Crippen LogP contribution in [0, 0.1) is 6.92 Å². The number of nitrogens with one attached hydrogen (secondary N) is 2. The topological polar surface area (TPSA) is 74.3 Å². The van der Waals surface area contributed by atoms with Crippen molar-refractivity contribution in [2.75, 3.05) is 17.7 Å². The molecule has 0 spiro atoms. The molecule has 0 aliphatic carbocycles. The van der Waals surface area contributed by atoms with E-state index < -0.39 is 0 Å². The number of hydrogen-bond donors (Lipinski definition) is 2. The summed E-state index contributed by atoms with van der Waals surface area (Å²) in [6, 6.07) is 9.26. The number of rotatable bonds is 4. The molecule has 2 aromatic rings. The number of aromatic nitrogens is 1. The molecular formula is C19H22N4O2. The Kier molecular flexibility index (Phi) is 4.70. The van der Waals surface area contributed by atoms with Crippen LogP contribution in [0.15, 0.2) is 36.5 Å². The van der Waals surface area contributed by atoms with Crippen molar-refractivity contribution >= 4 is 23.3 Å². The number of nitrogens with zero attached hydrogens (tertiary/aromatic N) is 2. The standard InChI is InChI=1S/C19H22N4O2/c1-12-6-7-20-16(8-12)9-13(2)23(3)19(25)21-15-4-5-17-14(10-15)11-18(24)22-17/h4-8,10,13H,9,11H2,1-3H3,(H,21,25)(H,22,24)/t13-/m1/s1. The molecule has 3 rings (SSSR count). The van der Waals surface area contributed by atoms with Gasteiger partial charge in [0.2, 0.25) is 5.91 Å². The Bertz CT molecular complexity index is 819. The summed E-state index contributed by atoms with van der Waals surface area (Å²) in [5.41, 5.74) is 4.53. The second-order valence-electron chi connectivity index (χ2n) is 6.52. The van der Waals surface area contributed by atoms with E-state index >= 15 is 0 Å². The molecule has 6 heteroatoms. The first-order chi connectivity index (χ1) is 11.9. The van der Waals surface area contributed by atoms with Gasteiger partial charge in [-0.25, -0.2) is 4.79 Å². The van der Waals surface area contributed by atoms with Crippen molar-refractivity contribution < 1.29 is 9.59 Å². The van der Waals surface area contributed by atoms with E-state index in [0.717, 1.165) is 22.5 Å². The second kappa shape index (κ2) is 6.93. The number of pyridine rings is 1. The molecule has 2 heterocycles. The first-order valence-electron chi connectivity index (χ1n) is 8.30. The average molecular weight is 338 g/mol. The lowest BCUT2D eigenvalue weighted by atomic mass is 10.1. The van der Waals surface area contributed by atoms with Crippen molar-refractivity contribution in [3.05, 3.63) is 53.3 Å². The van der Waals surface area contributed by atoms with Gasteiger partial charge in [-0.05, 0) is 55.3 Å². The first-order valence-corrected chi connectivity index (χ1v) is 8.30. The summed E-state index contributed by atoms with van der Waals surface area (Å²) in [6.07, 6.45) is 2.83. The first kappa shape index (κ1) is 17.0. The van der Waals surface area contributed by atoms with Gasteiger partial charge in [0.1, 0.15) is 0 Å². The minimum Gasteiger partial charge on any atom is -0.326 e. The summed E-state index contributed by atoms with van der Waals surface area (Å²) in [6.45, 7) is 4.02. The van der Waals surface area contributed by atoms with Gasteiger partial charge in [-0.2, -0.15) is 0 Å². The van der Waals surface area contributed by atoms with Crippen LogP contribution in [0.5, 0.6) is 0 Å². The smallest absolute Gasteiger partial charge is 0.321 e. The molecule has 1 aromatic heterocycles. The van der Waals surface area contributed by atoms with E-state index in [4.69, 9.17) is 0 Å². The van der Waals surface area contributed by atoms with Gasteiger partial charge >= 0.3 is 6.03 Å². The summed E-state index contributed by atoms with van der Waals surface area (Å²) in [5.74, 6) is -0.0186. The average Bonchev–Trinajstić information content (AvgIpc) is 2.93. The zero-order valence-corrected chi connectivity index (χ0v) is 14.7. The lowest BCUT2D eigenvalue weighted by Crippen LogP contribution is -2.39. The Hall–Kier alpha value is -2.89. The normalized spacial score (nSPS) is 13.8. The number of benzene rings is 1. The molecule has 0 fully saturated rings. The van der Waals surface area contributed by atoms with Crippen molar-refractivity contribution in [1.29, 1.82) is 0 Å². The lowest BCUT2D eigenvalue weighted by Gasteiger charge is -2.25. The molecule has 1 aliphatic rings. The zero-order chi connectivity index (χ0) is 18.0. The zero-order valence-electron chi connectivity index (χ0n) is 14.7. The van der Waals surface area contributed by atoms with E-state index in [-0.39, 0.29) is 18.0 Å². The summed E-state index contributed by atoms with van der Waals surface area (Å²) in [7, 11) is 1.77. The van der Waals surface area contributed by atoms with Crippen LogP contribution in [0.25, 0.3) is 0 Å². The number of urea groups is 1. The number of carbonyl (C=O) groups is 2. The minimum atomic E-state index is -0.183. The number of carbonyl (C=O) groups excluding carboxylic acids is 2. The molecule has 6 nitrogen and oxygen atoms in total. The van der Waals surface area contributed by atoms with E-state index in [1.807, 2.05) is 38.1 Å². The number of likely N-dealkylation sites (N-methyl/N-ethyl adjacent to an activating group) is 1. The minimum absolute atomic E-state index is 0.00646. The Morgan fingerprint density at radius 1 is 1.36 bits per heavy atom. The molecule has 3 amide bonds. The molecule has 0 bridgehead atoms. The maximum atomic E-state index is 12.5. The third-order valence-electron chi connectivity index (χ3n) is 4.44. The summed E-state index contributed by atoms with van der Waals surface area (Å²) in [5, 5.41) is 5.67. The summed E-state index contributed by atoms with van der Waals surface area (Å²) >= 11 is 0. The van der Waals surface area contributed by atoms with Crippen molar-refractivity contribution in [2.45, 2.75) is 32.7 Å². The number of hydrogen-bond acceptors (Lipinski definition) is 3.